The summed E-state index contributed by atoms with van der Waals surface area (Å²) in [5, 5.41) is 6.07. The molecule has 0 spiro atoms. The smallest absolute Gasteiger partial charge is 0.337 e. The molecule has 1 aromatic carbocycles. The quantitative estimate of drug-likeness (QED) is 0.376. The number of rotatable bonds is 4. The van der Waals surface area contributed by atoms with Crippen molar-refractivity contribution in [2.75, 3.05) is 12.4 Å². The predicted molar refractivity (Wildman–Crippen MR) is 86.4 cm³/mol. The summed E-state index contributed by atoms with van der Waals surface area (Å²) in [5.41, 5.74) is 3.54. The number of hydrazone groups is 1. The molecule has 0 saturated heterocycles. The Hall–Kier alpha value is -3.55. The first kappa shape index (κ1) is 16.8. The van der Waals surface area contributed by atoms with Crippen LogP contribution >= 0.6 is 0 Å². The van der Waals surface area contributed by atoms with Crippen LogP contribution in [0.1, 0.15) is 15.9 Å². The summed E-state index contributed by atoms with van der Waals surface area (Å²) in [6, 6.07) is 9.30. The van der Waals surface area contributed by atoms with E-state index in [1.807, 2.05) is 0 Å². The van der Waals surface area contributed by atoms with Crippen molar-refractivity contribution in [2.45, 2.75) is 0 Å². The number of nitrogens with zero attached hydrogens (tertiary/aromatic N) is 2. The van der Waals surface area contributed by atoms with E-state index in [1.165, 1.54) is 37.6 Å². The highest BCUT2D eigenvalue weighted by Crippen LogP contribution is 2.10. The van der Waals surface area contributed by atoms with E-state index in [4.69, 9.17) is 0 Å². The average Bonchev–Trinajstić information content (AvgIpc) is 2.62. The van der Waals surface area contributed by atoms with Gasteiger partial charge < -0.3 is 10.1 Å². The van der Waals surface area contributed by atoms with Crippen LogP contribution in [0.5, 0.6) is 0 Å². The van der Waals surface area contributed by atoms with Gasteiger partial charge in [0.2, 0.25) is 0 Å². The minimum Gasteiger partial charge on any atom is -0.465 e. The molecular weight excluding hydrogens is 312 g/mol. The van der Waals surface area contributed by atoms with Gasteiger partial charge in [-0.05, 0) is 42.0 Å². The molecule has 8 heteroatoms. The number of hydrogen-bond donors (Lipinski definition) is 2. The van der Waals surface area contributed by atoms with Crippen LogP contribution in [-0.2, 0) is 14.3 Å². The van der Waals surface area contributed by atoms with Gasteiger partial charge in [-0.3, -0.25) is 14.6 Å². The van der Waals surface area contributed by atoms with Gasteiger partial charge >= 0.3 is 17.8 Å². The maximum Gasteiger partial charge on any atom is 0.337 e. The molecule has 0 bridgehead atoms. The minimum absolute atomic E-state index is 0.335. The number of esters is 1. The highest BCUT2D eigenvalue weighted by Gasteiger charge is 2.13. The Labute approximate surface area is 137 Å². The molecule has 0 fully saturated rings. The molecule has 24 heavy (non-hydrogen) atoms. The van der Waals surface area contributed by atoms with Gasteiger partial charge in [0.1, 0.15) is 0 Å². The Bertz CT molecular complexity index is 757. The molecule has 2 rings (SSSR count). The van der Waals surface area contributed by atoms with Crippen LogP contribution in [0.15, 0.2) is 53.9 Å². The van der Waals surface area contributed by atoms with Gasteiger partial charge in [-0.2, -0.15) is 5.10 Å². The molecule has 0 aliphatic heterocycles. The lowest BCUT2D eigenvalue weighted by Crippen LogP contribution is -2.32. The van der Waals surface area contributed by atoms with Crippen molar-refractivity contribution in [3.05, 3.63) is 59.9 Å². The molecule has 8 nitrogen and oxygen atoms in total. The van der Waals surface area contributed by atoms with Gasteiger partial charge in [0.25, 0.3) is 0 Å². The molecular formula is C16H14N4O4. The Balaban J connectivity index is 1.88. The zero-order valence-corrected chi connectivity index (χ0v) is 12.7. The summed E-state index contributed by atoms with van der Waals surface area (Å²) in [6.07, 6.45) is 4.54. The van der Waals surface area contributed by atoms with Crippen molar-refractivity contribution in [3.63, 3.8) is 0 Å². The molecule has 2 aromatic rings. The number of carbonyl (C=O) groups excluding carboxylic acids is 3. The Morgan fingerprint density at radius 2 is 1.71 bits per heavy atom. The molecule has 2 amide bonds. The van der Waals surface area contributed by atoms with E-state index < -0.39 is 17.8 Å². The Morgan fingerprint density at radius 3 is 2.33 bits per heavy atom. The van der Waals surface area contributed by atoms with Gasteiger partial charge in [0, 0.05) is 18.1 Å². The fourth-order valence-corrected chi connectivity index (χ4v) is 1.66. The third-order valence-electron chi connectivity index (χ3n) is 2.86. The number of methoxy groups -OCH3 is 1. The summed E-state index contributed by atoms with van der Waals surface area (Å²) in [4.78, 5) is 38.5. The topological polar surface area (TPSA) is 110 Å². The number of amides is 2. The molecule has 1 heterocycles. The molecule has 0 atom stereocenters. The first-order chi connectivity index (χ1) is 11.6. The van der Waals surface area contributed by atoms with Crippen molar-refractivity contribution >= 4 is 29.7 Å². The number of pyridine rings is 1. The van der Waals surface area contributed by atoms with E-state index in [9.17, 15) is 14.4 Å². The zero-order valence-electron chi connectivity index (χ0n) is 12.7. The van der Waals surface area contributed by atoms with Crippen molar-refractivity contribution in [1.82, 2.24) is 10.4 Å². The van der Waals surface area contributed by atoms with Crippen LogP contribution in [0.4, 0.5) is 5.69 Å². The molecule has 0 saturated carbocycles. The van der Waals surface area contributed by atoms with E-state index in [2.05, 4.69) is 25.6 Å². The summed E-state index contributed by atoms with van der Waals surface area (Å²) in [7, 11) is 1.27. The number of aromatic nitrogens is 1. The summed E-state index contributed by atoms with van der Waals surface area (Å²) >= 11 is 0. The SMILES string of the molecule is COC(=O)c1ccc(NC(=O)C(=O)N/N=C\c2ccncc2)cc1. The molecule has 1 aromatic heterocycles. The van der Waals surface area contributed by atoms with Gasteiger partial charge in [-0.25, -0.2) is 10.2 Å². The monoisotopic (exact) mass is 326 g/mol. The third kappa shape index (κ3) is 4.73. The van der Waals surface area contributed by atoms with E-state index >= 15 is 0 Å². The maximum absolute atomic E-state index is 11.7. The van der Waals surface area contributed by atoms with Gasteiger partial charge in [0.05, 0.1) is 18.9 Å². The standard InChI is InChI=1S/C16H14N4O4/c1-24-16(23)12-2-4-13(5-3-12)19-14(21)15(22)20-18-10-11-6-8-17-9-7-11/h2-10H,1H3,(H,19,21)(H,20,22)/b18-10-. The summed E-state index contributed by atoms with van der Waals surface area (Å²) in [6.45, 7) is 0. The number of hydrogen-bond acceptors (Lipinski definition) is 6. The molecule has 0 radical (unpaired) electrons. The molecule has 0 aliphatic carbocycles. The first-order valence-electron chi connectivity index (χ1n) is 6.83. The van der Waals surface area contributed by atoms with E-state index in [0.29, 0.717) is 11.3 Å². The van der Waals surface area contributed by atoms with E-state index in [0.717, 1.165) is 5.56 Å². The number of nitrogens with one attached hydrogen (secondary N) is 2. The van der Waals surface area contributed by atoms with Crippen molar-refractivity contribution in [1.29, 1.82) is 0 Å². The zero-order chi connectivity index (χ0) is 17.4. The number of benzene rings is 1. The van der Waals surface area contributed by atoms with Crippen molar-refractivity contribution in [2.24, 2.45) is 5.10 Å². The van der Waals surface area contributed by atoms with Crippen LogP contribution in [0.25, 0.3) is 0 Å². The molecule has 2 N–H and O–H groups in total. The lowest BCUT2D eigenvalue weighted by Gasteiger charge is -2.05. The normalized spacial score (nSPS) is 10.2. The second kappa shape index (κ2) is 8.18. The molecule has 0 aliphatic rings. The fourth-order valence-electron chi connectivity index (χ4n) is 1.66. The second-order valence-electron chi connectivity index (χ2n) is 4.50. The van der Waals surface area contributed by atoms with E-state index in [1.54, 1.807) is 24.5 Å². The minimum atomic E-state index is -0.919. The summed E-state index contributed by atoms with van der Waals surface area (Å²) in [5.74, 6) is -2.29. The summed E-state index contributed by atoms with van der Waals surface area (Å²) < 4.78 is 4.57. The number of ether oxygens (including phenoxy) is 1. The second-order valence-corrected chi connectivity index (χ2v) is 4.50. The average molecular weight is 326 g/mol. The van der Waals surface area contributed by atoms with Gasteiger partial charge in [-0.1, -0.05) is 0 Å². The van der Waals surface area contributed by atoms with Crippen LogP contribution in [-0.4, -0.2) is 36.1 Å². The highest BCUT2D eigenvalue weighted by molar-refractivity contribution is 6.39. The fraction of sp³-hybridized carbons (Fsp3) is 0.0625. The first-order valence-corrected chi connectivity index (χ1v) is 6.83. The van der Waals surface area contributed by atoms with Crippen molar-refractivity contribution < 1.29 is 19.1 Å². The lowest BCUT2D eigenvalue weighted by atomic mass is 10.2. The largest absolute Gasteiger partial charge is 0.465 e. The predicted octanol–water partition coefficient (Wildman–Crippen LogP) is 0.957. The third-order valence-corrected chi connectivity index (χ3v) is 2.86. The van der Waals surface area contributed by atoms with E-state index in [-0.39, 0.29) is 0 Å². The number of anilines is 1. The van der Waals surface area contributed by atoms with Crippen molar-refractivity contribution in [3.8, 4) is 0 Å². The number of carbonyl (C=O) groups is 3. The lowest BCUT2D eigenvalue weighted by molar-refractivity contribution is -0.136. The Kier molecular flexibility index (Phi) is 5.73. The Morgan fingerprint density at radius 1 is 1.04 bits per heavy atom. The van der Waals surface area contributed by atoms with Gasteiger partial charge in [0.15, 0.2) is 0 Å². The highest BCUT2D eigenvalue weighted by atomic mass is 16.5. The van der Waals surface area contributed by atoms with Crippen LogP contribution in [0.2, 0.25) is 0 Å². The van der Waals surface area contributed by atoms with Gasteiger partial charge in [-0.15, -0.1) is 0 Å². The van der Waals surface area contributed by atoms with Crippen LogP contribution in [0.3, 0.4) is 0 Å². The van der Waals surface area contributed by atoms with Crippen LogP contribution in [0, 0.1) is 0 Å². The molecule has 122 valence electrons. The van der Waals surface area contributed by atoms with Crippen LogP contribution < -0.4 is 10.7 Å². The molecule has 0 unspecified atom stereocenters. The maximum atomic E-state index is 11.7.